The quantitative estimate of drug-likeness (QED) is 0.797. The van der Waals surface area contributed by atoms with E-state index in [0.29, 0.717) is 23.5 Å². The van der Waals surface area contributed by atoms with E-state index in [9.17, 15) is 9.18 Å². The molecule has 0 unspecified atom stereocenters. The van der Waals surface area contributed by atoms with Crippen LogP contribution in [0.1, 0.15) is 23.1 Å². The van der Waals surface area contributed by atoms with Gasteiger partial charge in [0.2, 0.25) is 0 Å². The van der Waals surface area contributed by atoms with Crippen LogP contribution in [0.2, 0.25) is 0 Å². The maximum atomic E-state index is 13.3. The number of nitrogens with zero attached hydrogens (tertiary/aromatic N) is 1. The number of aromatic amines is 1. The predicted molar refractivity (Wildman–Crippen MR) is 73.3 cm³/mol. The molecule has 6 nitrogen and oxygen atoms in total. The van der Waals surface area contributed by atoms with E-state index < -0.39 is 11.7 Å². The number of amides is 1. The van der Waals surface area contributed by atoms with Crippen molar-refractivity contribution in [2.45, 2.75) is 13.3 Å². The minimum absolute atomic E-state index is 0.0482. The average Bonchev–Trinajstić information content (AvgIpc) is 2.82. The number of nitrogen functional groups attached to an aromatic ring is 1. The Morgan fingerprint density at radius 1 is 1.55 bits per heavy atom. The molecule has 7 heteroatoms. The Hall–Kier alpha value is -2.57. The van der Waals surface area contributed by atoms with Gasteiger partial charge >= 0.3 is 0 Å². The number of aromatic nitrogens is 2. The van der Waals surface area contributed by atoms with Crippen LogP contribution in [0.4, 0.5) is 15.8 Å². The van der Waals surface area contributed by atoms with Gasteiger partial charge in [-0.05, 0) is 18.6 Å². The fourth-order valence-corrected chi connectivity index (χ4v) is 1.76. The summed E-state index contributed by atoms with van der Waals surface area (Å²) in [6, 6.07) is 4.02. The third-order valence-electron chi connectivity index (χ3n) is 2.86. The zero-order valence-electron chi connectivity index (χ0n) is 11.2. The summed E-state index contributed by atoms with van der Waals surface area (Å²) in [7, 11) is 1.35. The van der Waals surface area contributed by atoms with Crippen molar-refractivity contribution in [3.05, 3.63) is 35.4 Å². The minimum atomic E-state index is -0.502. The second-order valence-electron chi connectivity index (χ2n) is 4.12. The van der Waals surface area contributed by atoms with E-state index in [2.05, 4.69) is 15.5 Å². The van der Waals surface area contributed by atoms with Crippen LogP contribution in [0.5, 0.6) is 5.75 Å². The van der Waals surface area contributed by atoms with Crippen molar-refractivity contribution in [1.29, 1.82) is 0 Å². The molecule has 106 valence electrons. The summed E-state index contributed by atoms with van der Waals surface area (Å²) in [6.45, 7) is 1.90. The van der Waals surface area contributed by atoms with E-state index >= 15 is 0 Å². The molecular weight excluding hydrogens is 263 g/mol. The predicted octanol–water partition coefficient (Wildman–Crippen LogP) is 1.95. The summed E-state index contributed by atoms with van der Waals surface area (Å²) in [5.41, 5.74) is 7.34. The Bertz CT molecular complexity index is 639. The van der Waals surface area contributed by atoms with Crippen molar-refractivity contribution < 1.29 is 13.9 Å². The molecule has 0 aliphatic heterocycles. The highest BCUT2D eigenvalue weighted by atomic mass is 19.1. The molecule has 1 amide bonds. The molecule has 1 heterocycles. The first-order chi connectivity index (χ1) is 9.56. The average molecular weight is 278 g/mol. The number of H-pyrrole nitrogens is 1. The van der Waals surface area contributed by atoms with Gasteiger partial charge in [-0.25, -0.2) is 4.39 Å². The van der Waals surface area contributed by atoms with Crippen molar-refractivity contribution in [2.75, 3.05) is 18.2 Å². The number of nitrogens with two attached hydrogens (primary N) is 1. The number of benzene rings is 1. The lowest BCUT2D eigenvalue weighted by atomic mass is 10.2. The van der Waals surface area contributed by atoms with Gasteiger partial charge in [-0.2, -0.15) is 5.10 Å². The van der Waals surface area contributed by atoms with Crippen molar-refractivity contribution in [1.82, 2.24) is 10.2 Å². The number of nitrogens with one attached hydrogen (secondary N) is 2. The topological polar surface area (TPSA) is 93.0 Å². The van der Waals surface area contributed by atoms with Crippen LogP contribution in [0.3, 0.4) is 0 Å². The van der Waals surface area contributed by atoms with Gasteiger partial charge in [0.1, 0.15) is 0 Å². The van der Waals surface area contributed by atoms with Crippen LogP contribution < -0.4 is 15.8 Å². The molecule has 1 aromatic carbocycles. The Labute approximate surface area is 115 Å². The summed E-state index contributed by atoms with van der Waals surface area (Å²) in [4.78, 5) is 12.0. The Balaban J connectivity index is 2.21. The first kappa shape index (κ1) is 13.9. The van der Waals surface area contributed by atoms with Gasteiger partial charge < -0.3 is 15.8 Å². The summed E-state index contributed by atoms with van der Waals surface area (Å²) in [6.07, 6.45) is 0.649. The molecule has 0 radical (unpaired) electrons. The van der Waals surface area contributed by atoms with Crippen LogP contribution in [0.15, 0.2) is 18.2 Å². The fraction of sp³-hybridized carbons (Fsp3) is 0.231. The number of halogens is 1. The molecule has 0 bridgehead atoms. The number of ether oxygens (including phenoxy) is 1. The lowest BCUT2D eigenvalue weighted by molar-refractivity contribution is 0.102. The second-order valence-corrected chi connectivity index (χ2v) is 4.12. The van der Waals surface area contributed by atoms with E-state index in [1.54, 1.807) is 0 Å². The smallest absolute Gasteiger partial charge is 0.278 e. The maximum Gasteiger partial charge on any atom is 0.278 e. The normalized spacial score (nSPS) is 10.3. The number of hydrogen-bond donors (Lipinski definition) is 3. The van der Waals surface area contributed by atoms with Gasteiger partial charge in [0, 0.05) is 11.8 Å². The number of aryl methyl sites for hydroxylation is 1. The monoisotopic (exact) mass is 278 g/mol. The Morgan fingerprint density at radius 2 is 2.30 bits per heavy atom. The number of hydrogen-bond acceptors (Lipinski definition) is 4. The standard InChI is InChI=1S/C13H15FN4O2/c1-3-9-11(15)12(18-17-9)13(19)16-7-4-5-8(14)10(6-7)20-2/h4-6H,3,15H2,1-2H3,(H,16,19)(H,17,18). The molecule has 0 fully saturated rings. The van der Waals surface area contributed by atoms with Gasteiger partial charge in [-0.3, -0.25) is 9.89 Å². The number of anilines is 2. The minimum Gasteiger partial charge on any atom is -0.494 e. The molecule has 1 aromatic heterocycles. The molecular formula is C13H15FN4O2. The summed E-state index contributed by atoms with van der Waals surface area (Å²) < 4.78 is 18.1. The first-order valence-corrected chi connectivity index (χ1v) is 6.04. The summed E-state index contributed by atoms with van der Waals surface area (Å²) in [5, 5.41) is 9.17. The third-order valence-corrected chi connectivity index (χ3v) is 2.86. The van der Waals surface area contributed by atoms with Crippen molar-refractivity contribution in [2.24, 2.45) is 0 Å². The van der Waals surface area contributed by atoms with Crippen molar-refractivity contribution >= 4 is 17.3 Å². The fourth-order valence-electron chi connectivity index (χ4n) is 1.76. The van der Waals surface area contributed by atoms with Gasteiger partial charge in [0.25, 0.3) is 5.91 Å². The van der Waals surface area contributed by atoms with Crippen LogP contribution in [-0.2, 0) is 6.42 Å². The molecule has 0 spiro atoms. The largest absolute Gasteiger partial charge is 0.494 e. The molecule has 0 saturated heterocycles. The maximum absolute atomic E-state index is 13.3. The van der Waals surface area contributed by atoms with E-state index in [0.717, 1.165) is 0 Å². The van der Waals surface area contributed by atoms with Crippen LogP contribution in [0.25, 0.3) is 0 Å². The molecule has 0 atom stereocenters. The molecule has 0 aliphatic rings. The van der Waals surface area contributed by atoms with E-state index in [-0.39, 0.29) is 11.4 Å². The SMILES string of the molecule is CCc1[nH]nc(C(=O)Nc2ccc(F)c(OC)c2)c1N. The van der Waals surface area contributed by atoms with Gasteiger partial charge in [-0.15, -0.1) is 0 Å². The second kappa shape index (κ2) is 5.60. The lowest BCUT2D eigenvalue weighted by Gasteiger charge is -2.07. The van der Waals surface area contributed by atoms with Gasteiger partial charge in [0.05, 0.1) is 18.5 Å². The number of methoxy groups -OCH3 is 1. The van der Waals surface area contributed by atoms with Crippen LogP contribution in [0, 0.1) is 5.82 Å². The first-order valence-electron chi connectivity index (χ1n) is 6.04. The van der Waals surface area contributed by atoms with E-state index in [4.69, 9.17) is 10.5 Å². The highest BCUT2D eigenvalue weighted by Gasteiger charge is 2.17. The summed E-state index contributed by atoms with van der Waals surface area (Å²) in [5.74, 6) is -0.919. The molecule has 4 N–H and O–H groups in total. The van der Waals surface area contributed by atoms with Crippen molar-refractivity contribution in [3.63, 3.8) is 0 Å². The van der Waals surface area contributed by atoms with Gasteiger partial charge in [0.15, 0.2) is 17.3 Å². The highest BCUT2D eigenvalue weighted by Crippen LogP contribution is 2.22. The lowest BCUT2D eigenvalue weighted by Crippen LogP contribution is -2.14. The molecule has 0 aliphatic carbocycles. The van der Waals surface area contributed by atoms with Crippen molar-refractivity contribution in [3.8, 4) is 5.75 Å². The molecule has 0 saturated carbocycles. The van der Waals surface area contributed by atoms with E-state index in [1.807, 2.05) is 6.92 Å². The zero-order chi connectivity index (χ0) is 14.7. The summed E-state index contributed by atoms with van der Waals surface area (Å²) >= 11 is 0. The molecule has 20 heavy (non-hydrogen) atoms. The van der Waals surface area contributed by atoms with Crippen LogP contribution >= 0.6 is 0 Å². The number of carbonyl (C=O) groups excluding carboxylic acids is 1. The zero-order valence-corrected chi connectivity index (χ0v) is 11.2. The Morgan fingerprint density at radius 3 is 2.90 bits per heavy atom. The van der Waals surface area contributed by atoms with E-state index in [1.165, 1.54) is 25.3 Å². The Kier molecular flexibility index (Phi) is 3.88. The molecule has 2 aromatic rings. The molecule has 2 rings (SSSR count). The number of carbonyl (C=O) groups is 1. The van der Waals surface area contributed by atoms with Gasteiger partial charge in [-0.1, -0.05) is 6.92 Å². The number of rotatable bonds is 4. The highest BCUT2D eigenvalue weighted by molar-refractivity contribution is 6.06. The third kappa shape index (κ3) is 2.56. The van der Waals surface area contributed by atoms with Crippen LogP contribution in [-0.4, -0.2) is 23.2 Å².